The van der Waals surface area contributed by atoms with Crippen molar-refractivity contribution in [3.05, 3.63) is 66.8 Å². The number of nitrogens with zero attached hydrogens (tertiary/aromatic N) is 7. The third-order valence-corrected chi connectivity index (χ3v) is 4.87. The highest BCUT2D eigenvalue weighted by Gasteiger charge is 2.21. The molecule has 8 nitrogen and oxygen atoms in total. The van der Waals surface area contributed by atoms with Crippen molar-refractivity contribution in [1.29, 1.82) is 0 Å². The summed E-state index contributed by atoms with van der Waals surface area (Å²) in [5.74, 6) is 1.27. The molecule has 0 radical (unpaired) electrons. The number of hydrogen-bond acceptors (Lipinski definition) is 5. The average molecular weight is 522 g/mol. The summed E-state index contributed by atoms with van der Waals surface area (Å²) in [6, 6.07) is 7.02. The molecule has 2 aromatic heterocycles. The van der Waals surface area contributed by atoms with E-state index >= 15 is 0 Å². The van der Waals surface area contributed by atoms with Gasteiger partial charge in [0.05, 0.1) is 12.0 Å². The van der Waals surface area contributed by atoms with Crippen molar-refractivity contribution in [1.82, 2.24) is 29.7 Å². The third-order valence-electron chi connectivity index (χ3n) is 4.87. The van der Waals surface area contributed by atoms with Gasteiger partial charge >= 0.3 is 0 Å². The number of benzene rings is 1. The Hall–Kier alpha value is -2.76. The maximum Gasteiger partial charge on any atom is 0.225 e. The Labute approximate surface area is 191 Å². The topological polar surface area (TPSA) is 74.5 Å². The first-order chi connectivity index (χ1) is 14.2. The summed E-state index contributed by atoms with van der Waals surface area (Å²) >= 11 is 0. The fraction of sp³-hybridized carbons (Fsp3) is 0.300. The molecule has 0 amide bonds. The summed E-state index contributed by atoms with van der Waals surface area (Å²) in [6.45, 7) is 3.76. The molecule has 30 heavy (non-hydrogen) atoms. The molecule has 1 aliphatic heterocycles. The minimum Gasteiger partial charge on any atom is -0.352 e. The molecule has 0 aliphatic carbocycles. The fourth-order valence-corrected chi connectivity index (χ4v) is 3.36. The van der Waals surface area contributed by atoms with Gasteiger partial charge in [0.25, 0.3) is 0 Å². The maximum atomic E-state index is 14.4. The Balaban J connectivity index is 0.00000256. The summed E-state index contributed by atoms with van der Waals surface area (Å²) in [4.78, 5) is 21.3. The molecule has 0 bridgehead atoms. The number of hydrogen-bond donors (Lipinski definition) is 1. The number of aliphatic imine (C=N–C) groups is 1. The zero-order valence-corrected chi connectivity index (χ0v) is 19.0. The summed E-state index contributed by atoms with van der Waals surface area (Å²) in [5.41, 5.74) is 1.33. The van der Waals surface area contributed by atoms with Crippen LogP contribution in [0.4, 0.5) is 10.3 Å². The van der Waals surface area contributed by atoms with Gasteiger partial charge in [-0.05, 0) is 23.8 Å². The molecular formula is C20H24FIN8. The fourth-order valence-electron chi connectivity index (χ4n) is 3.36. The van der Waals surface area contributed by atoms with E-state index in [9.17, 15) is 4.39 Å². The lowest BCUT2D eigenvalue weighted by Gasteiger charge is -2.36. The second kappa shape index (κ2) is 10.3. The van der Waals surface area contributed by atoms with Gasteiger partial charge in [-0.25, -0.2) is 19.3 Å². The van der Waals surface area contributed by atoms with E-state index < -0.39 is 0 Å². The van der Waals surface area contributed by atoms with E-state index in [4.69, 9.17) is 0 Å². The molecule has 0 atom stereocenters. The zero-order valence-electron chi connectivity index (χ0n) is 16.6. The average Bonchev–Trinajstić information content (AvgIpc) is 3.30. The van der Waals surface area contributed by atoms with E-state index in [1.807, 2.05) is 12.1 Å². The van der Waals surface area contributed by atoms with E-state index in [2.05, 4.69) is 35.1 Å². The van der Waals surface area contributed by atoms with E-state index in [1.54, 1.807) is 54.9 Å². The van der Waals surface area contributed by atoms with E-state index in [-0.39, 0.29) is 29.8 Å². The number of anilines is 1. The minimum absolute atomic E-state index is 0. The predicted molar refractivity (Wildman–Crippen MR) is 125 cm³/mol. The van der Waals surface area contributed by atoms with Crippen molar-refractivity contribution in [2.75, 3.05) is 38.1 Å². The first-order valence-corrected chi connectivity index (χ1v) is 9.49. The molecule has 1 saturated heterocycles. The number of nitrogens with one attached hydrogen (secondary N) is 1. The van der Waals surface area contributed by atoms with Crippen molar-refractivity contribution in [2.45, 2.75) is 6.54 Å². The van der Waals surface area contributed by atoms with E-state index in [0.717, 1.165) is 43.7 Å². The second-order valence-corrected chi connectivity index (χ2v) is 6.68. The number of rotatable bonds is 4. The molecule has 0 saturated carbocycles. The molecular weight excluding hydrogens is 498 g/mol. The molecule has 10 heteroatoms. The lowest BCUT2D eigenvalue weighted by Crippen LogP contribution is -2.52. The van der Waals surface area contributed by atoms with Crippen LogP contribution in [-0.2, 0) is 6.54 Å². The van der Waals surface area contributed by atoms with Gasteiger partial charge in [-0.3, -0.25) is 4.99 Å². The highest BCUT2D eigenvalue weighted by Crippen LogP contribution is 2.15. The normalized spacial score (nSPS) is 14.4. The first kappa shape index (κ1) is 21.9. The largest absolute Gasteiger partial charge is 0.352 e. The number of imidazole rings is 1. The number of halogens is 2. The van der Waals surface area contributed by atoms with Crippen LogP contribution in [0.1, 0.15) is 5.56 Å². The quantitative estimate of drug-likeness (QED) is 0.322. The van der Waals surface area contributed by atoms with Crippen molar-refractivity contribution < 1.29 is 4.39 Å². The lowest BCUT2D eigenvalue weighted by molar-refractivity contribution is 0.370. The first-order valence-electron chi connectivity index (χ1n) is 9.49. The van der Waals surface area contributed by atoms with Crippen molar-refractivity contribution in [3.63, 3.8) is 0 Å². The van der Waals surface area contributed by atoms with Crippen LogP contribution < -0.4 is 10.2 Å². The summed E-state index contributed by atoms with van der Waals surface area (Å²) in [7, 11) is 1.76. The molecule has 3 heterocycles. The Bertz CT molecular complexity index is 956. The van der Waals surface area contributed by atoms with Gasteiger partial charge in [-0.1, -0.05) is 6.07 Å². The SMILES string of the molecule is CN=C(NCc1ccc(-n2ccnc2)c(F)c1)N1CCN(c2ncccn2)CC1.I. The Morgan fingerprint density at radius 1 is 1.13 bits per heavy atom. The van der Waals surface area contributed by atoms with Crippen LogP contribution in [0, 0.1) is 5.82 Å². The second-order valence-electron chi connectivity index (χ2n) is 6.68. The number of guanidine groups is 1. The van der Waals surface area contributed by atoms with E-state index in [1.165, 1.54) is 0 Å². The van der Waals surface area contributed by atoms with E-state index in [0.29, 0.717) is 12.2 Å². The highest BCUT2D eigenvalue weighted by atomic mass is 127. The van der Waals surface area contributed by atoms with Gasteiger partial charge in [-0.15, -0.1) is 24.0 Å². The monoisotopic (exact) mass is 522 g/mol. The number of piperazine rings is 1. The Morgan fingerprint density at radius 2 is 1.90 bits per heavy atom. The molecule has 4 rings (SSSR count). The molecule has 3 aromatic rings. The standard InChI is InChI=1S/C20H23FN8.HI/c1-22-19(27-9-11-28(12-10-27)20-24-5-2-6-25-20)26-14-16-3-4-18(17(21)13-16)29-8-7-23-15-29;/h2-8,13,15H,9-12,14H2,1H3,(H,22,26);1H. The van der Waals surface area contributed by atoms with Crippen LogP contribution in [-0.4, -0.2) is 63.6 Å². The molecule has 1 aliphatic rings. The van der Waals surface area contributed by atoms with Crippen LogP contribution in [0.5, 0.6) is 0 Å². The molecule has 0 unspecified atom stereocenters. The Kier molecular flexibility index (Phi) is 7.55. The van der Waals surface area contributed by atoms with Crippen LogP contribution in [0.15, 0.2) is 60.4 Å². The summed E-state index contributed by atoms with van der Waals surface area (Å²) in [5, 5.41) is 3.33. The van der Waals surface area contributed by atoms with Gasteiger partial charge in [-0.2, -0.15) is 0 Å². The minimum atomic E-state index is -0.284. The molecule has 0 spiro atoms. The van der Waals surface area contributed by atoms with Crippen LogP contribution >= 0.6 is 24.0 Å². The summed E-state index contributed by atoms with van der Waals surface area (Å²) in [6.07, 6.45) is 8.44. The number of aromatic nitrogens is 4. The van der Waals surface area contributed by atoms with Gasteiger partial charge < -0.3 is 19.7 Å². The van der Waals surface area contributed by atoms with Gasteiger partial charge in [0.2, 0.25) is 5.95 Å². The predicted octanol–water partition coefficient (Wildman–Crippen LogP) is 2.32. The van der Waals surface area contributed by atoms with Crippen molar-refractivity contribution in [2.24, 2.45) is 4.99 Å². The molecule has 1 aromatic carbocycles. The molecule has 1 N–H and O–H groups in total. The van der Waals surface area contributed by atoms with Crippen LogP contribution in [0.25, 0.3) is 5.69 Å². The Morgan fingerprint density at radius 3 is 2.53 bits per heavy atom. The van der Waals surface area contributed by atoms with Crippen LogP contribution in [0.2, 0.25) is 0 Å². The third kappa shape index (κ3) is 5.04. The van der Waals surface area contributed by atoms with Gasteiger partial charge in [0.1, 0.15) is 5.82 Å². The summed E-state index contributed by atoms with van der Waals surface area (Å²) < 4.78 is 16.1. The van der Waals surface area contributed by atoms with Gasteiger partial charge in [0, 0.05) is 64.6 Å². The molecule has 1 fully saturated rings. The van der Waals surface area contributed by atoms with Crippen molar-refractivity contribution in [3.8, 4) is 5.69 Å². The highest BCUT2D eigenvalue weighted by molar-refractivity contribution is 14.0. The van der Waals surface area contributed by atoms with Gasteiger partial charge in [0.15, 0.2) is 5.96 Å². The smallest absolute Gasteiger partial charge is 0.225 e. The lowest BCUT2D eigenvalue weighted by atomic mass is 10.2. The van der Waals surface area contributed by atoms with Crippen molar-refractivity contribution >= 4 is 35.9 Å². The van der Waals surface area contributed by atoms with Crippen LogP contribution in [0.3, 0.4) is 0 Å². The molecule has 158 valence electrons. The maximum absolute atomic E-state index is 14.4. The zero-order chi connectivity index (χ0) is 20.1.